The first kappa shape index (κ1) is 14.4. The van der Waals surface area contributed by atoms with Crippen LogP contribution in [0.3, 0.4) is 0 Å². The van der Waals surface area contributed by atoms with Crippen LogP contribution in [0.1, 0.15) is 50.0 Å². The number of aliphatic hydroxyl groups is 1. The molecule has 0 bridgehead atoms. The van der Waals surface area contributed by atoms with Crippen LogP contribution >= 0.6 is 0 Å². The number of carbonyl (C=O) groups is 1. The van der Waals surface area contributed by atoms with Crippen LogP contribution in [0, 0.1) is 11.8 Å². The van der Waals surface area contributed by atoms with E-state index in [1.807, 2.05) is 12.1 Å². The number of hydrogen-bond donors (Lipinski definition) is 2. The Balaban J connectivity index is 1.53. The van der Waals surface area contributed by atoms with E-state index in [9.17, 15) is 9.90 Å². The minimum Gasteiger partial charge on any atom is -0.461 e. The Labute approximate surface area is 125 Å². The summed E-state index contributed by atoms with van der Waals surface area (Å²) in [6.07, 6.45) is 7.45. The zero-order valence-corrected chi connectivity index (χ0v) is 12.4. The molecule has 4 heteroatoms. The lowest BCUT2D eigenvalue weighted by molar-refractivity contribution is -0.117. The molecule has 0 aliphatic heterocycles. The Kier molecular flexibility index (Phi) is 4.15. The van der Waals surface area contributed by atoms with Gasteiger partial charge in [-0.2, -0.15) is 0 Å². The molecule has 1 aromatic rings. The van der Waals surface area contributed by atoms with Crippen molar-refractivity contribution in [3.05, 3.63) is 29.7 Å². The first-order valence-electron chi connectivity index (χ1n) is 7.86. The van der Waals surface area contributed by atoms with E-state index >= 15 is 0 Å². The van der Waals surface area contributed by atoms with E-state index in [0.717, 1.165) is 30.8 Å². The fraction of sp³-hybridized carbons (Fsp3) is 0.588. The molecule has 2 aliphatic rings. The minimum atomic E-state index is -0.113. The van der Waals surface area contributed by atoms with Crippen LogP contribution in [0.5, 0.6) is 0 Å². The van der Waals surface area contributed by atoms with E-state index < -0.39 is 0 Å². The van der Waals surface area contributed by atoms with Gasteiger partial charge in [-0.25, -0.2) is 0 Å². The molecule has 0 radical (unpaired) electrons. The molecule has 4 unspecified atom stereocenters. The summed E-state index contributed by atoms with van der Waals surface area (Å²) >= 11 is 0. The van der Waals surface area contributed by atoms with E-state index in [4.69, 9.17) is 4.42 Å². The van der Waals surface area contributed by atoms with E-state index in [0.29, 0.717) is 11.8 Å². The molecule has 2 fully saturated rings. The van der Waals surface area contributed by atoms with Gasteiger partial charge in [-0.05, 0) is 43.4 Å². The third kappa shape index (κ3) is 3.38. The van der Waals surface area contributed by atoms with Gasteiger partial charge in [0.05, 0.1) is 0 Å². The average Bonchev–Trinajstić information content (AvgIpc) is 2.91. The molecule has 0 aromatic carbocycles. The minimum absolute atomic E-state index is 0.103. The molecular weight excluding hydrogens is 266 g/mol. The SMILES string of the molecule is CC1CC1c1ccc(/C=C/C(=O)NC2CCCC2CO)o1. The van der Waals surface area contributed by atoms with Crippen LogP contribution in [-0.2, 0) is 4.79 Å². The quantitative estimate of drug-likeness (QED) is 0.819. The summed E-state index contributed by atoms with van der Waals surface area (Å²) in [5.41, 5.74) is 0. The summed E-state index contributed by atoms with van der Waals surface area (Å²) in [5.74, 6) is 3.12. The number of amides is 1. The van der Waals surface area contributed by atoms with E-state index in [-0.39, 0.29) is 24.5 Å². The second kappa shape index (κ2) is 6.06. The predicted molar refractivity (Wildman–Crippen MR) is 80.6 cm³/mol. The number of hydrogen-bond acceptors (Lipinski definition) is 3. The number of nitrogens with one attached hydrogen (secondary N) is 1. The van der Waals surface area contributed by atoms with Gasteiger partial charge >= 0.3 is 0 Å². The van der Waals surface area contributed by atoms with Gasteiger partial charge in [-0.15, -0.1) is 0 Å². The molecule has 1 heterocycles. The van der Waals surface area contributed by atoms with Gasteiger partial charge in [0, 0.05) is 30.6 Å². The molecule has 2 aliphatic carbocycles. The molecule has 1 amide bonds. The summed E-state index contributed by atoms with van der Waals surface area (Å²) in [5, 5.41) is 12.2. The van der Waals surface area contributed by atoms with Gasteiger partial charge in [0.25, 0.3) is 0 Å². The third-order valence-electron chi connectivity index (χ3n) is 4.74. The first-order chi connectivity index (χ1) is 10.2. The zero-order chi connectivity index (χ0) is 14.8. The van der Waals surface area contributed by atoms with Gasteiger partial charge in [-0.3, -0.25) is 4.79 Å². The van der Waals surface area contributed by atoms with Crippen molar-refractivity contribution in [1.82, 2.24) is 5.32 Å². The number of carbonyl (C=O) groups excluding carboxylic acids is 1. The maximum absolute atomic E-state index is 11.9. The summed E-state index contributed by atoms with van der Waals surface area (Å²) in [6.45, 7) is 2.37. The monoisotopic (exact) mass is 289 g/mol. The number of aliphatic hydroxyl groups excluding tert-OH is 1. The fourth-order valence-electron chi connectivity index (χ4n) is 3.21. The molecular formula is C17H23NO3. The fourth-order valence-corrected chi connectivity index (χ4v) is 3.21. The Bertz CT molecular complexity index is 534. The van der Waals surface area contributed by atoms with E-state index in [1.54, 1.807) is 6.08 Å². The van der Waals surface area contributed by atoms with Crippen molar-refractivity contribution in [3.8, 4) is 0 Å². The number of furan rings is 1. The Morgan fingerprint density at radius 1 is 1.48 bits per heavy atom. The molecule has 114 valence electrons. The van der Waals surface area contributed by atoms with Crippen molar-refractivity contribution in [2.24, 2.45) is 11.8 Å². The van der Waals surface area contributed by atoms with Crippen molar-refractivity contribution < 1.29 is 14.3 Å². The molecule has 3 rings (SSSR count). The summed E-state index contributed by atoms with van der Waals surface area (Å²) < 4.78 is 5.73. The van der Waals surface area contributed by atoms with Crippen molar-refractivity contribution in [2.75, 3.05) is 6.61 Å². The number of rotatable bonds is 5. The summed E-state index contributed by atoms with van der Waals surface area (Å²) in [6, 6.07) is 4.02. The lowest BCUT2D eigenvalue weighted by Crippen LogP contribution is -2.37. The highest BCUT2D eigenvalue weighted by Crippen LogP contribution is 2.47. The van der Waals surface area contributed by atoms with Crippen LogP contribution < -0.4 is 5.32 Å². The van der Waals surface area contributed by atoms with Crippen LogP contribution in [0.15, 0.2) is 22.6 Å². The lowest BCUT2D eigenvalue weighted by atomic mass is 10.1. The molecule has 0 saturated heterocycles. The third-order valence-corrected chi connectivity index (χ3v) is 4.74. The Hall–Kier alpha value is -1.55. The molecule has 4 atom stereocenters. The van der Waals surface area contributed by atoms with Crippen LogP contribution in [-0.4, -0.2) is 23.7 Å². The molecule has 2 N–H and O–H groups in total. The molecule has 0 spiro atoms. The van der Waals surface area contributed by atoms with Gasteiger partial charge < -0.3 is 14.8 Å². The second-order valence-corrected chi connectivity index (χ2v) is 6.38. The largest absolute Gasteiger partial charge is 0.461 e. The lowest BCUT2D eigenvalue weighted by Gasteiger charge is -2.17. The average molecular weight is 289 g/mol. The van der Waals surface area contributed by atoms with Gasteiger partial charge in [0.2, 0.25) is 5.91 Å². The highest BCUT2D eigenvalue weighted by atomic mass is 16.3. The van der Waals surface area contributed by atoms with Crippen LogP contribution in [0.25, 0.3) is 6.08 Å². The van der Waals surface area contributed by atoms with E-state index in [1.165, 1.54) is 12.5 Å². The molecule has 2 saturated carbocycles. The van der Waals surface area contributed by atoms with Crippen molar-refractivity contribution >= 4 is 12.0 Å². The van der Waals surface area contributed by atoms with Crippen molar-refractivity contribution in [2.45, 2.75) is 44.6 Å². The van der Waals surface area contributed by atoms with Crippen molar-refractivity contribution in [1.29, 1.82) is 0 Å². The second-order valence-electron chi connectivity index (χ2n) is 6.38. The Morgan fingerprint density at radius 3 is 3.00 bits per heavy atom. The maximum atomic E-state index is 11.9. The van der Waals surface area contributed by atoms with Crippen molar-refractivity contribution in [3.63, 3.8) is 0 Å². The standard InChI is InChI=1S/C17H23NO3/c1-11-9-14(11)16-7-5-13(21-16)6-8-17(20)18-15-4-2-3-12(15)10-19/h5-8,11-12,14-15,19H,2-4,9-10H2,1H3,(H,18,20)/b8-6+. The molecule has 4 nitrogen and oxygen atoms in total. The topological polar surface area (TPSA) is 62.5 Å². The van der Waals surface area contributed by atoms with Gasteiger partial charge in [-0.1, -0.05) is 13.3 Å². The molecule has 1 aromatic heterocycles. The summed E-state index contributed by atoms with van der Waals surface area (Å²) in [7, 11) is 0. The summed E-state index contributed by atoms with van der Waals surface area (Å²) in [4.78, 5) is 11.9. The predicted octanol–water partition coefficient (Wildman–Crippen LogP) is 2.69. The van der Waals surface area contributed by atoms with Gasteiger partial charge in [0.15, 0.2) is 0 Å². The van der Waals surface area contributed by atoms with Crippen LogP contribution in [0.2, 0.25) is 0 Å². The smallest absolute Gasteiger partial charge is 0.244 e. The Morgan fingerprint density at radius 2 is 2.29 bits per heavy atom. The van der Waals surface area contributed by atoms with Gasteiger partial charge in [0.1, 0.15) is 11.5 Å². The van der Waals surface area contributed by atoms with E-state index in [2.05, 4.69) is 12.2 Å². The normalized spacial score (nSPS) is 31.7. The highest BCUT2D eigenvalue weighted by molar-refractivity contribution is 5.91. The first-order valence-corrected chi connectivity index (χ1v) is 7.86. The molecule has 21 heavy (non-hydrogen) atoms. The van der Waals surface area contributed by atoms with Crippen LogP contribution in [0.4, 0.5) is 0 Å². The maximum Gasteiger partial charge on any atom is 0.244 e. The highest BCUT2D eigenvalue weighted by Gasteiger charge is 2.36. The zero-order valence-electron chi connectivity index (χ0n) is 12.4.